The second-order valence-electron chi connectivity index (χ2n) is 6.10. The number of aliphatic imine (C=N–C) groups is 1. The highest BCUT2D eigenvalue weighted by molar-refractivity contribution is 14.0. The van der Waals surface area contributed by atoms with Crippen molar-refractivity contribution in [2.24, 2.45) is 4.99 Å². The van der Waals surface area contributed by atoms with Crippen LogP contribution in [0.4, 0.5) is 5.69 Å². The third-order valence-electron chi connectivity index (χ3n) is 3.90. The van der Waals surface area contributed by atoms with E-state index in [-0.39, 0.29) is 29.9 Å². The van der Waals surface area contributed by atoms with Crippen LogP contribution in [0.15, 0.2) is 59.6 Å². The zero-order valence-electron chi connectivity index (χ0n) is 15.9. The molecule has 0 amide bonds. The molecular formula is C21H28IN3O2. The van der Waals surface area contributed by atoms with Crippen molar-refractivity contribution in [3.63, 3.8) is 0 Å². The van der Waals surface area contributed by atoms with Gasteiger partial charge in [-0.1, -0.05) is 48.0 Å². The minimum Gasteiger partial charge on any atom is -0.469 e. The number of aryl methyl sites for hydroxylation is 1. The summed E-state index contributed by atoms with van der Waals surface area (Å²) in [5, 5.41) is 6.65. The van der Waals surface area contributed by atoms with E-state index in [9.17, 15) is 4.79 Å². The average molecular weight is 481 g/mol. The van der Waals surface area contributed by atoms with Crippen molar-refractivity contribution in [3.8, 4) is 0 Å². The number of hydrogen-bond donors (Lipinski definition) is 2. The molecule has 5 nitrogen and oxygen atoms in total. The van der Waals surface area contributed by atoms with Gasteiger partial charge in [-0.15, -0.1) is 24.0 Å². The number of esters is 1. The van der Waals surface area contributed by atoms with Crippen molar-refractivity contribution in [2.45, 2.75) is 32.7 Å². The summed E-state index contributed by atoms with van der Waals surface area (Å²) < 4.78 is 4.66. The number of unbranched alkanes of at least 4 members (excludes halogenated alkanes) is 1. The fraction of sp³-hybridized carbons (Fsp3) is 0.333. The maximum atomic E-state index is 11.2. The van der Waals surface area contributed by atoms with Crippen molar-refractivity contribution in [2.75, 3.05) is 19.0 Å². The van der Waals surface area contributed by atoms with Gasteiger partial charge in [0.25, 0.3) is 0 Å². The molecule has 0 heterocycles. The molecule has 0 atom stereocenters. The van der Waals surface area contributed by atoms with Gasteiger partial charge in [0.2, 0.25) is 0 Å². The molecule has 2 rings (SSSR count). The van der Waals surface area contributed by atoms with Crippen LogP contribution in [-0.4, -0.2) is 25.6 Å². The highest BCUT2D eigenvalue weighted by Gasteiger charge is 2.02. The van der Waals surface area contributed by atoms with Gasteiger partial charge in [-0.3, -0.25) is 4.79 Å². The van der Waals surface area contributed by atoms with Crippen LogP contribution in [0.5, 0.6) is 0 Å². The zero-order chi connectivity index (χ0) is 18.6. The van der Waals surface area contributed by atoms with E-state index in [1.165, 1.54) is 12.7 Å². The summed E-state index contributed by atoms with van der Waals surface area (Å²) in [5.41, 5.74) is 3.39. The molecule has 0 saturated carbocycles. The lowest BCUT2D eigenvalue weighted by Gasteiger charge is -2.13. The molecule has 6 heteroatoms. The van der Waals surface area contributed by atoms with E-state index < -0.39 is 0 Å². The largest absolute Gasteiger partial charge is 0.469 e. The molecule has 0 fully saturated rings. The van der Waals surface area contributed by atoms with Crippen LogP contribution in [0, 0.1) is 6.92 Å². The first kappa shape index (κ1) is 23.0. The number of hydrogen-bond acceptors (Lipinski definition) is 3. The number of carbonyl (C=O) groups is 1. The van der Waals surface area contributed by atoms with Gasteiger partial charge in [0.05, 0.1) is 13.7 Å². The van der Waals surface area contributed by atoms with Gasteiger partial charge in [0, 0.05) is 18.7 Å². The zero-order valence-corrected chi connectivity index (χ0v) is 18.2. The Hall–Kier alpha value is -2.09. The van der Waals surface area contributed by atoms with Crippen LogP contribution in [0.1, 0.15) is 30.4 Å². The van der Waals surface area contributed by atoms with E-state index in [1.54, 1.807) is 0 Å². The third kappa shape index (κ3) is 9.42. The topological polar surface area (TPSA) is 62.7 Å². The van der Waals surface area contributed by atoms with Gasteiger partial charge in [0.1, 0.15) is 0 Å². The third-order valence-corrected chi connectivity index (χ3v) is 3.90. The molecule has 2 aromatic carbocycles. The molecule has 27 heavy (non-hydrogen) atoms. The molecule has 146 valence electrons. The maximum absolute atomic E-state index is 11.2. The van der Waals surface area contributed by atoms with E-state index in [0.717, 1.165) is 36.6 Å². The number of benzene rings is 2. The number of guanidine groups is 1. The van der Waals surface area contributed by atoms with E-state index in [2.05, 4.69) is 51.6 Å². The summed E-state index contributed by atoms with van der Waals surface area (Å²) >= 11 is 0. The smallest absolute Gasteiger partial charge is 0.305 e. The van der Waals surface area contributed by atoms with Crippen molar-refractivity contribution in [1.82, 2.24) is 5.32 Å². The Morgan fingerprint density at radius 3 is 2.41 bits per heavy atom. The predicted molar refractivity (Wildman–Crippen MR) is 122 cm³/mol. The van der Waals surface area contributed by atoms with Gasteiger partial charge in [-0.2, -0.15) is 0 Å². The molecule has 0 radical (unpaired) electrons. The average Bonchev–Trinajstić information content (AvgIpc) is 2.67. The van der Waals surface area contributed by atoms with Gasteiger partial charge in [-0.05, 0) is 37.5 Å². The Labute approximate surface area is 178 Å². The van der Waals surface area contributed by atoms with E-state index in [4.69, 9.17) is 0 Å². The second-order valence-corrected chi connectivity index (χ2v) is 6.10. The predicted octanol–water partition coefficient (Wildman–Crippen LogP) is 4.51. The molecular weight excluding hydrogens is 453 g/mol. The number of carbonyl (C=O) groups excluding carboxylic acids is 1. The van der Waals surface area contributed by atoms with E-state index in [0.29, 0.717) is 13.0 Å². The molecule has 0 spiro atoms. The number of rotatable bonds is 8. The lowest BCUT2D eigenvalue weighted by atomic mass is 10.1. The van der Waals surface area contributed by atoms with E-state index >= 15 is 0 Å². The van der Waals surface area contributed by atoms with Crippen molar-refractivity contribution < 1.29 is 9.53 Å². The van der Waals surface area contributed by atoms with Gasteiger partial charge >= 0.3 is 5.97 Å². The molecule has 0 aliphatic carbocycles. The molecule has 0 unspecified atom stereocenters. The molecule has 0 aliphatic rings. The molecule has 0 aliphatic heterocycles. The molecule has 0 aromatic heterocycles. The normalized spacial score (nSPS) is 10.7. The van der Waals surface area contributed by atoms with Gasteiger partial charge < -0.3 is 15.4 Å². The van der Waals surface area contributed by atoms with Crippen LogP contribution in [-0.2, 0) is 16.1 Å². The monoisotopic (exact) mass is 481 g/mol. The Balaban J connectivity index is 0.00000364. The molecule has 2 aromatic rings. The number of ether oxygens (including phenoxy) is 1. The fourth-order valence-corrected chi connectivity index (χ4v) is 2.36. The van der Waals surface area contributed by atoms with E-state index in [1.807, 2.05) is 30.3 Å². The molecule has 2 N–H and O–H groups in total. The summed E-state index contributed by atoms with van der Waals surface area (Å²) in [5.74, 6) is 0.565. The summed E-state index contributed by atoms with van der Waals surface area (Å²) in [4.78, 5) is 15.8. The Morgan fingerprint density at radius 1 is 1.04 bits per heavy atom. The first-order valence-electron chi connectivity index (χ1n) is 8.90. The van der Waals surface area contributed by atoms with Crippen LogP contribution in [0.25, 0.3) is 0 Å². The number of anilines is 1. The van der Waals surface area contributed by atoms with Crippen LogP contribution in [0.3, 0.4) is 0 Å². The lowest BCUT2D eigenvalue weighted by molar-refractivity contribution is -0.140. The number of methoxy groups -OCH3 is 1. The van der Waals surface area contributed by atoms with Crippen molar-refractivity contribution in [1.29, 1.82) is 0 Å². The lowest BCUT2D eigenvalue weighted by Crippen LogP contribution is -2.31. The number of halogens is 1. The first-order valence-corrected chi connectivity index (χ1v) is 8.90. The first-order chi connectivity index (χ1) is 12.7. The SMILES string of the molecule is COC(=O)CCCCNC(=NCc1ccc(C)cc1)Nc1ccccc1.I. The Morgan fingerprint density at radius 2 is 1.74 bits per heavy atom. The van der Waals surface area contributed by atoms with Crippen LogP contribution >= 0.6 is 24.0 Å². The van der Waals surface area contributed by atoms with Crippen LogP contribution < -0.4 is 10.6 Å². The summed E-state index contributed by atoms with van der Waals surface area (Å²) in [6.07, 6.45) is 2.10. The number of nitrogens with zero attached hydrogens (tertiary/aromatic N) is 1. The number of para-hydroxylation sites is 1. The van der Waals surface area contributed by atoms with Crippen molar-refractivity contribution in [3.05, 3.63) is 65.7 Å². The quantitative estimate of drug-likeness (QED) is 0.192. The van der Waals surface area contributed by atoms with Gasteiger partial charge in [0.15, 0.2) is 5.96 Å². The summed E-state index contributed by atoms with van der Waals surface area (Å²) in [6, 6.07) is 18.3. The molecule has 0 bridgehead atoms. The minimum atomic E-state index is -0.166. The minimum absolute atomic E-state index is 0. The van der Waals surface area contributed by atoms with Crippen LogP contribution in [0.2, 0.25) is 0 Å². The Bertz CT molecular complexity index is 703. The number of nitrogens with one attached hydrogen (secondary N) is 2. The maximum Gasteiger partial charge on any atom is 0.305 e. The Kier molecular flexibility index (Phi) is 11.2. The highest BCUT2D eigenvalue weighted by atomic mass is 127. The fourth-order valence-electron chi connectivity index (χ4n) is 2.36. The van der Waals surface area contributed by atoms with Crippen molar-refractivity contribution >= 4 is 41.6 Å². The van der Waals surface area contributed by atoms with Gasteiger partial charge in [-0.25, -0.2) is 4.99 Å². The summed E-state index contributed by atoms with van der Waals surface area (Å²) in [7, 11) is 1.42. The summed E-state index contributed by atoms with van der Waals surface area (Å²) in [6.45, 7) is 3.42. The molecule has 0 saturated heterocycles. The standard InChI is InChI=1S/C21H27N3O2.HI/c1-17-11-13-18(14-12-17)16-23-21(24-19-8-4-3-5-9-19)22-15-7-6-10-20(25)26-2;/h3-5,8-9,11-14H,6-7,10,15-16H2,1-2H3,(H2,22,23,24);1H. The second kappa shape index (κ2) is 13.1. The highest BCUT2D eigenvalue weighted by Crippen LogP contribution is 2.07.